The molecule has 3 N–H and O–H groups in total. The molecule has 12 heteroatoms. The van der Waals surface area contributed by atoms with E-state index in [4.69, 9.17) is 10.5 Å². The van der Waals surface area contributed by atoms with Crippen molar-refractivity contribution in [2.75, 3.05) is 44.3 Å². The Hall–Kier alpha value is -2.83. The molecule has 2 aliphatic rings. The highest BCUT2D eigenvalue weighted by Crippen LogP contribution is 2.31. The van der Waals surface area contributed by atoms with Gasteiger partial charge in [-0.1, -0.05) is 12.1 Å². The number of aliphatic hydroxyl groups is 1. The normalized spacial score (nSPS) is 23.3. The Balaban J connectivity index is 1.44. The van der Waals surface area contributed by atoms with Gasteiger partial charge in [0.2, 0.25) is 11.9 Å². The van der Waals surface area contributed by atoms with Crippen LogP contribution in [0.2, 0.25) is 0 Å². The maximum Gasteiger partial charge on any atom is 0.416 e. The van der Waals surface area contributed by atoms with Crippen LogP contribution in [0.15, 0.2) is 30.5 Å². The number of alkyl halides is 3. The molecule has 0 radical (unpaired) electrons. The fourth-order valence-corrected chi connectivity index (χ4v) is 4.12. The number of hydrogen-bond acceptors (Lipinski definition) is 8. The second-order valence-electron chi connectivity index (χ2n) is 7.86. The number of hydrogen-bond donors (Lipinski definition) is 2. The topological polar surface area (TPSA) is 118 Å². The molecule has 0 bridgehead atoms. The molecule has 9 nitrogen and oxygen atoms in total. The van der Waals surface area contributed by atoms with Crippen molar-refractivity contribution < 1.29 is 27.8 Å². The third kappa shape index (κ3) is 4.66. The van der Waals surface area contributed by atoms with Gasteiger partial charge in [0.25, 0.3) is 0 Å². The van der Waals surface area contributed by atoms with Crippen molar-refractivity contribution in [1.29, 1.82) is 0 Å². The molecule has 3 atom stereocenters. The quantitative estimate of drug-likeness (QED) is 0.675. The molecule has 0 spiro atoms. The van der Waals surface area contributed by atoms with Crippen molar-refractivity contribution in [3.05, 3.63) is 36.0 Å². The zero-order chi connectivity index (χ0) is 22.9. The largest absolute Gasteiger partial charge is 0.416 e. The van der Waals surface area contributed by atoms with E-state index in [0.29, 0.717) is 43.4 Å². The lowest BCUT2D eigenvalue weighted by molar-refractivity contribution is -0.137. The number of anilines is 1. The third-order valence-electron chi connectivity index (χ3n) is 5.84. The zero-order valence-corrected chi connectivity index (χ0v) is 17.1. The first-order valence-corrected chi connectivity index (χ1v) is 10.2. The predicted octanol–water partition coefficient (Wildman–Crippen LogP) is 0.541. The molecule has 1 amide bonds. The van der Waals surface area contributed by atoms with Gasteiger partial charge in [0, 0.05) is 37.7 Å². The summed E-state index contributed by atoms with van der Waals surface area (Å²) in [6, 6.07) is 4.07. The number of amides is 1. The highest BCUT2D eigenvalue weighted by Gasteiger charge is 2.41. The second kappa shape index (κ2) is 8.96. The SMILES string of the molecule is NC(=O)C([C@@H]1COC[C@@H]1O)N1CCN(c2nncc(-c3ccc(C(F)(F)F)cc3)n2)CC1. The highest BCUT2D eigenvalue weighted by molar-refractivity contribution is 5.80. The average molecular weight is 452 g/mol. The number of benzene rings is 1. The van der Waals surface area contributed by atoms with Crippen molar-refractivity contribution >= 4 is 11.9 Å². The molecule has 1 aromatic heterocycles. The van der Waals surface area contributed by atoms with E-state index < -0.39 is 29.8 Å². The summed E-state index contributed by atoms with van der Waals surface area (Å²) in [6.45, 7) is 2.43. The molecule has 2 saturated heterocycles. The van der Waals surface area contributed by atoms with Crippen LogP contribution in [0.4, 0.5) is 19.1 Å². The van der Waals surface area contributed by atoms with Crippen molar-refractivity contribution in [3.8, 4) is 11.3 Å². The van der Waals surface area contributed by atoms with Gasteiger partial charge in [0.15, 0.2) is 0 Å². The minimum Gasteiger partial charge on any atom is -0.390 e. The Morgan fingerprint density at radius 2 is 1.84 bits per heavy atom. The Labute approximate surface area is 182 Å². The van der Waals surface area contributed by atoms with Crippen molar-refractivity contribution in [2.24, 2.45) is 11.7 Å². The van der Waals surface area contributed by atoms with Crippen molar-refractivity contribution in [1.82, 2.24) is 20.1 Å². The minimum atomic E-state index is -4.41. The van der Waals surface area contributed by atoms with Crippen LogP contribution < -0.4 is 10.6 Å². The summed E-state index contributed by atoms with van der Waals surface area (Å²) in [5, 5.41) is 18.1. The molecule has 2 aliphatic heterocycles. The number of primary amides is 1. The average Bonchev–Trinajstić information content (AvgIpc) is 3.19. The molecule has 32 heavy (non-hydrogen) atoms. The standard InChI is InChI=1S/C20H23F3N6O3/c21-20(22,23)13-3-1-12(2-4-13)15-9-25-27-19(26-15)29-7-5-28(6-8-29)17(18(24)31)14-10-32-11-16(14)30/h1-4,9,14,16-17,30H,5-8,10-11H2,(H2,24,31)/t14-,16+,17?/m1/s1. The number of rotatable bonds is 5. The number of nitrogens with two attached hydrogens (primary N) is 1. The van der Waals surface area contributed by atoms with Crippen LogP contribution in [0.1, 0.15) is 5.56 Å². The maximum atomic E-state index is 12.8. The lowest BCUT2D eigenvalue weighted by Crippen LogP contribution is -2.58. The number of carbonyl (C=O) groups excluding carboxylic acids is 1. The van der Waals surface area contributed by atoms with Gasteiger partial charge in [-0.25, -0.2) is 4.98 Å². The van der Waals surface area contributed by atoms with E-state index in [2.05, 4.69) is 15.2 Å². The van der Waals surface area contributed by atoms with E-state index in [1.165, 1.54) is 18.3 Å². The number of aromatic nitrogens is 3. The molecule has 1 unspecified atom stereocenters. The van der Waals surface area contributed by atoms with Crippen LogP contribution in [0.3, 0.4) is 0 Å². The van der Waals surface area contributed by atoms with Crippen molar-refractivity contribution in [3.63, 3.8) is 0 Å². The van der Waals surface area contributed by atoms with Gasteiger partial charge in [0.1, 0.15) is 0 Å². The summed E-state index contributed by atoms with van der Waals surface area (Å²) >= 11 is 0. The van der Waals surface area contributed by atoms with Crippen LogP contribution in [-0.2, 0) is 15.7 Å². The molecule has 2 fully saturated rings. The number of piperazine rings is 1. The molecule has 0 aliphatic carbocycles. The van der Waals surface area contributed by atoms with Gasteiger partial charge in [-0.2, -0.15) is 18.3 Å². The van der Waals surface area contributed by atoms with Gasteiger partial charge in [0.05, 0.1) is 42.8 Å². The molecular weight excluding hydrogens is 429 g/mol. The summed E-state index contributed by atoms with van der Waals surface area (Å²) in [6.07, 6.45) is -3.75. The van der Waals surface area contributed by atoms with Crippen LogP contribution in [0, 0.1) is 5.92 Å². The van der Waals surface area contributed by atoms with Crippen molar-refractivity contribution in [2.45, 2.75) is 18.3 Å². The number of nitrogens with zero attached hydrogens (tertiary/aromatic N) is 5. The highest BCUT2D eigenvalue weighted by atomic mass is 19.4. The minimum absolute atomic E-state index is 0.185. The molecule has 2 aromatic rings. The second-order valence-corrected chi connectivity index (χ2v) is 7.86. The van der Waals surface area contributed by atoms with Crippen LogP contribution in [0.25, 0.3) is 11.3 Å². The number of aliphatic hydroxyl groups excluding tert-OH is 1. The number of carbonyl (C=O) groups is 1. The molecular formula is C20H23F3N6O3. The fourth-order valence-electron chi connectivity index (χ4n) is 4.12. The first-order valence-electron chi connectivity index (χ1n) is 10.2. The molecule has 0 saturated carbocycles. The monoisotopic (exact) mass is 452 g/mol. The number of halogens is 3. The predicted molar refractivity (Wildman–Crippen MR) is 107 cm³/mol. The van der Waals surface area contributed by atoms with Crippen LogP contribution in [-0.4, -0.2) is 82.6 Å². The van der Waals surface area contributed by atoms with E-state index in [1.54, 1.807) is 0 Å². The Morgan fingerprint density at radius 1 is 1.16 bits per heavy atom. The summed E-state index contributed by atoms with van der Waals surface area (Å²) in [5.41, 5.74) is 5.78. The Bertz CT molecular complexity index is 950. The van der Waals surface area contributed by atoms with E-state index >= 15 is 0 Å². The van der Waals surface area contributed by atoms with Gasteiger partial charge < -0.3 is 20.5 Å². The summed E-state index contributed by atoms with van der Waals surface area (Å²) in [5.74, 6) is -0.530. The van der Waals surface area contributed by atoms with E-state index in [1.807, 2.05) is 9.80 Å². The first-order chi connectivity index (χ1) is 15.2. The Morgan fingerprint density at radius 3 is 2.41 bits per heavy atom. The van der Waals surface area contributed by atoms with Gasteiger partial charge in [-0.15, -0.1) is 5.10 Å². The third-order valence-corrected chi connectivity index (χ3v) is 5.84. The van der Waals surface area contributed by atoms with E-state index in [0.717, 1.165) is 12.1 Å². The summed E-state index contributed by atoms with van der Waals surface area (Å²) in [7, 11) is 0. The first kappa shape index (κ1) is 22.4. The fraction of sp³-hybridized carbons (Fsp3) is 0.500. The van der Waals surface area contributed by atoms with Gasteiger partial charge in [-0.05, 0) is 12.1 Å². The van der Waals surface area contributed by atoms with Crippen LogP contribution >= 0.6 is 0 Å². The Kier molecular flexibility index (Phi) is 6.26. The van der Waals surface area contributed by atoms with E-state index in [-0.39, 0.29) is 19.1 Å². The van der Waals surface area contributed by atoms with E-state index in [9.17, 15) is 23.1 Å². The van der Waals surface area contributed by atoms with Gasteiger partial charge in [-0.3, -0.25) is 9.69 Å². The van der Waals surface area contributed by atoms with Crippen LogP contribution in [0.5, 0.6) is 0 Å². The molecule has 1 aromatic carbocycles. The lowest BCUT2D eigenvalue weighted by Gasteiger charge is -2.40. The molecule has 172 valence electrons. The lowest BCUT2D eigenvalue weighted by atomic mass is 9.94. The molecule has 3 heterocycles. The summed E-state index contributed by atoms with van der Waals surface area (Å²) < 4.78 is 43.6. The van der Waals surface area contributed by atoms with Gasteiger partial charge >= 0.3 is 6.18 Å². The smallest absolute Gasteiger partial charge is 0.390 e. The molecule has 4 rings (SSSR count). The zero-order valence-electron chi connectivity index (χ0n) is 17.1. The number of ether oxygens (including phenoxy) is 1. The maximum absolute atomic E-state index is 12.8. The summed E-state index contributed by atoms with van der Waals surface area (Å²) in [4.78, 5) is 20.3.